The molecule has 6 N–H and O–H groups in total. The van der Waals surface area contributed by atoms with Crippen LogP contribution in [0.1, 0.15) is 36.5 Å². The van der Waals surface area contributed by atoms with Crippen LogP contribution in [0.3, 0.4) is 0 Å². The van der Waals surface area contributed by atoms with Crippen LogP contribution >= 0.6 is 0 Å². The van der Waals surface area contributed by atoms with E-state index < -0.39 is 52.7 Å². The van der Waals surface area contributed by atoms with E-state index in [2.05, 4.69) is 0 Å². The topological polar surface area (TPSA) is 158 Å². The number of aliphatic hydroxyl groups is 3. The van der Waals surface area contributed by atoms with Gasteiger partial charge in [-0.1, -0.05) is 13.0 Å². The van der Waals surface area contributed by atoms with Crippen molar-refractivity contribution in [2.24, 2.45) is 23.5 Å². The number of aryl methyl sites for hydroxylation is 1. The van der Waals surface area contributed by atoms with E-state index in [1.54, 1.807) is 6.07 Å². The Morgan fingerprint density at radius 1 is 1.24 bits per heavy atom. The van der Waals surface area contributed by atoms with E-state index in [4.69, 9.17) is 5.73 Å². The van der Waals surface area contributed by atoms with Gasteiger partial charge in [-0.3, -0.25) is 14.4 Å². The number of phenols is 1. The Kier molecular flexibility index (Phi) is 4.32. The Morgan fingerprint density at radius 2 is 1.93 bits per heavy atom. The van der Waals surface area contributed by atoms with Crippen LogP contribution in [0.4, 0.5) is 0 Å². The average molecular weight is 401 g/mol. The van der Waals surface area contributed by atoms with Gasteiger partial charge in [0.15, 0.2) is 11.4 Å². The summed E-state index contributed by atoms with van der Waals surface area (Å²) >= 11 is 0. The molecule has 0 spiro atoms. The summed E-state index contributed by atoms with van der Waals surface area (Å²) in [6.07, 6.45) is -0.304. The van der Waals surface area contributed by atoms with Crippen molar-refractivity contribution in [3.8, 4) is 5.75 Å². The summed E-state index contributed by atoms with van der Waals surface area (Å²) in [4.78, 5) is 37.8. The molecule has 1 aromatic carbocycles. The number of carbonyl (C=O) groups excluding carboxylic acids is 3. The van der Waals surface area contributed by atoms with E-state index in [1.807, 2.05) is 6.92 Å². The Bertz CT molecular complexity index is 981. The minimum absolute atomic E-state index is 0.118. The lowest BCUT2D eigenvalue weighted by Crippen LogP contribution is -2.66. The average Bonchev–Trinajstić information content (AvgIpc) is 2.64. The minimum atomic E-state index is -2.53. The molecule has 8 heteroatoms. The number of nitrogens with two attached hydrogens (primary N) is 1. The van der Waals surface area contributed by atoms with E-state index in [-0.39, 0.29) is 29.7 Å². The molecule has 0 saturated heterocycles. The van der Waals surface area contributed by atoms with Crippen molar-refractivity contribution in [2.75, 3.05) is 0 Å². The number of aromatic hydroxyl groups is 1. The quantitative estimate of drug-likeness (QED) is 0.441. The van der Waals surface area contributed by atoms with Gasteiger partial charge >= 0.3 is 0 Å². The molecule has 154 valence electrons. The van der Waals surface area contributed by atoms with Crippen molar-refractivity contribution in [3.63, 3.8) is 0 Å². The van der Waals surface area contributed by atoms with Gasteiger partial charge in [0, 0.05) is 11.5 Å². The molecule has 3 aliphatic rings. The van der Waals surface area contributed by atoms with Gasteiger partial charge in [-0.25, -0.2) is 0 Å². The van der Waals surface area contributed by atoms with Gasteiger partial charge in [-0.05, 0) is 48.8 Å². The Morgan fingerprint density at radius 3 is 2.55 bits per heavy atom. The third-order valence-electron chi connectivity index (χ3n) is 6.75. The summed E-state index contributed by atoms with van der Waals surface area (Å²) in [6.45, 7) is 1.94. The molecule has 8 nitrogen and oxygen atoms in total. The van der Waals surface area contributed by atoms with Crippen molar-refractivity contribution in [1.82, 2.24) is 0 Å². The standard InChI is InChI=1S/C21H23NO7/c1-2-8-3-4-12(23)15-11(8)6-9-5-10-7-13(24)16(20(22)28)19(27)21(10,29)18(26)14(9)17(15)25/h3-4,9-10,13,16,23-25,29H,2,5-7H2,1H3,(H2,22,28)/t9-,10+,13?,16?,21+/m1/s1. The van der Waals surface area contributed by atoms with Gasteiger partial charge in [0.25, 0.3) is 0 Å². The van der Waals surface area contributed by atoms with E-state index >= 15 is 0 Å². The molecule has 4 rings (SSSR count). The Labute approximate surface area is 166 Å². The number of rotatable bonds is 2. The predicted molar refractivity (Wildman–Crippen MR) is 101 cm³/mol. The summed E-state index contributed by atoms with van der Waals surface area (Å²) in [5.74, 6) is -6.91. The van der Waals surface area contributed by atoms with Gasteiger partial charge in [0.1, 0.15) is 17.4 Å². The molecule has 0 aromatic heterocycles. The van der Waals surface area contributed by atoms with Crippen LogP contribution in [0.15, 0.2) is 17.7 Å². The zero-order chi connectivity index (χ0) is 21.2. The lowest BCUT2D eigenvalue weighted by Gasteiger charge is -2.48. The zero-order valence-corrected chi connectivity index (χ0v) is 15.9. The van der Waals surface area contributed by atoms with Crippen LogP contribution in [0.2, 0.25) is 0 Å². The molecular formula is C21H23NO7. The fraction of sp³-hybridized carbons (Fsp3) is 0.476. The smallest absolute Gasteiger partial charge is 0.230 e. The molecular weight excluding hydrogens is 378 g/mol. The fourth-order valence-corrected chi connectivity index (χ4v) is 5.32. The molecule has 29 heavy (non-hydrogen) atoms. The van der Waals surface area contributed by atoms with Crippen molar-refractivity contribution in [2.45, 2.75) is 44.3 Å². The predicted octanol–water partition coefficient (Wildman–Crippen LogP) is 0.151. The van der Waals surface area contributed by atoms with Gasteiger partial charge < -0.3 is 26.2 Å². The number of hydrogen-bond donors (Lipinski definition) is 5. The molecule has 3 aliphatic carbocycles. The van der Waals surface area contributed by atoms with Crippen molar-refractivity contribution < 1.29 is 34.8 Å². The zero-order valence-electron chi connectivity index (χ0n) is 15.9. The van der Waals surface area contributed by atoms with Crippen molar-refractivity contribution >= 4 is 23.2 Å². The third kappa shape index (κ3) is 2.49. The molecule has 2 saturated carbocycles. The van der Waals surface area contributed by atoms with Gasteiger partial charge in [0.2, 0.25) is 11.7 Å². The summed E-state index contributed by atoms with van der Waals surface area (Å²) in [5.41, 5.74) is 4.35. The third-order valence-corrected chi connectivity index (χ3v) is 6.75. The first-order valence-corrected chi connectivity index (χ1v) is 9.68. The second kappa shape index (κ2) is 6.40. The first-order valence-electron chi connectivity index (χ1n) is 9.68. The number of fused-ring (bicyclic) bond motifs is 3. The molecule has 0 radical (unpaired) electrons. The lowest BCUT2D eigenvalue weighted by molar-refractivity contribution is -0.174. The molecule has 1 amide bonds. The van der Waals surface area contributed by atoms with Crippen LogP contribution in [-0.2, 0) is 27.2 Å². The highest BCUT2D eigenvalue weighted by atomic mass is 16.3. The van der Waals surface area contributed by atoms with E-state index in [0.29, 0.717) is 12.8 Å². The first kappa shape index (κ1) is 19.6. The Hall–Kier alpha value is -2.71. The Balaban J connectivity index is 1.88. The monoisotopic (exact) mass is 401 g/mol. The first-order chi connectivity index (χ1) is 13.6. The maximum absolute atomic E-state index is 13.3. The van der Waals surface area contributed by atoms with E-state index in [0.717, 1.165) is 11.1 Å². The number of amides is 1. The highest BCUT2D eigenvalue weighted by Crippen LogP contribution is 2.51. The second-order valence-electron chi connectivity index (χ2n) is 8.19. The van der Waals surface area contributed by atoms with Crippen molar-refractivity contribution in [3.05, 3.63) is 34.4 Å². The maximum atomic E-state index is 13.3. The number of ketones is 2. The highest BCUT2D eigenvalue weighted by Gasteiger charge is 2.63. The summed E-state index contributed by atoms with van der Waals surface area (Å²) < 4.78 is 0. The van der Waals surface area contributed by atoms with Gasteiger partial charge in [-0.15, -0.1) is 0 Å². The van der Waals surface area contributed by atoms with Gasteiger partial charge in [-0.2, -0.15) is 0 Å². The van der Waals surface area contributed by atoms with Gasteiger partial charge in [0.05, 0.1) is 11.7 Å². The molecule has 5 atom stereocenters. The number of aliphatic hydroxyl groups excluding tert-OH is 2. The van der Waals surface area contributed by atoms with Crippen molar-refractivity contribution in [1.29, 1.82) is 0 Å². The molecule has 0 bridgehead atoms. The van der Waals surface area contributed by atoms with E-state index in [9.17, 15) is 34.8 Å². The number of carbonyl (C=O) groups is 3. The largest absolute Gasteiger partial charge is 0.507 e. The van der Waals surface area contributed by atoms with E-state index in [1.165, 1.54) is 6.07 Å². The van der Waals surface area contributed by atoms with Crippen LogP contribution in [0.5, 0.6) is 5.75 Å². The molecule has 0 aliphatic heterocycles. The maximum Gasteiger partial charge on any atom is 0.230 e. The van der Waals surface area contributed by atoms with Crippen LogP contribution in [-0.4, -0.2) is 49.6 Å². The fourth-order valence-electron chi connectivity index (χ4n) is 5.32. The number of phenolic OH excluding ortho intramolecular Hbond substituents is 1. The highest BCUT2D eigenvalue weighted by molar-refractivity contribution is 6.24. The summed E-state index contributed by atoms with van der Waals surface area (Å²) in [6, 6.07) is 3.20. The van der Waals surface area contributed by atoms with Crippen LogP contribution in [0.25, 0.3) is 5.76 Å². The summed E-state index contributed by atoms with van der Waals surface area (Å²) in [5, 5.41) is 42.5. The number of primary amides is 1. The molecule has 2 unspecified atom stereocenters. The molecule has 2 fully saturated rings. The second-order valence-corrected chi connectivity index (χ2v) is 8.19. The normalized spacial score (nSPS) is 33.8. The number of hydrogen-bond acceptors (Lipinski definition) is 7. The SMILES string of the molecule is CCc1ccc(O)c2c1C[C@H]1C[C@H]3CC(O)C(C(N)=O)C(=O)[C@@]3(O)C(=O)C1=C2O. The molecule has 1 aromatic rings. The van der Waals surface area contributed by atoms with Crippen LogP contribution in [0, 0.1) is 17.8 Å². The number of Topliss-reactive ketones (excluding diaryl/α,β-unsaturated/α-hetero) is 2. The minimum Gasteiger partial charge on any atom is -0.507 e. The van der Waals surface area contributed by atoms with Crippen LogP contribution < -0.4 is 5.73 Å². The lowest BCUT2D eigenvalue weighted by atomic mass is 9.56. The molecule has 0 heterocycles. The summed E-state index contributed by atoms with van der Waals surface area (Å²) in [7, 11) is 0. The number of benzene rings is 1.